The van der Waals surface area contributed by atoms with Gasteiger partial charge in [-0.25, -0.2) is 4.99 Å². The van der Waals surface area contributed by atoms with E-state index in [0.717, 1.165) is 31.0 Å². The number of thiophene rings is 1. The number of guanidine groups is 1. The van der Waals surface area contributed by atoms with Crippen molar-refractivity contribution < 1.29 is 14.2 Å². The highest BCUT2D eigenvalue weighted by Crippen LogP contribution is 2.38. The third-order valence-corrected chi connectivity index (χ3v) is 5.13. The lowest BCUT2D eigenvalue weighted by molar-refractivity contribution is 0.324. The van der Waals surface area contributed by atoms with Crippen LogP contribution in [0.15, 0.2) is 34.6 Å². The van der Waals surface area contributed by atoms with Crippen LogP contribution in [0.25, 0.3) is 0 Å². The highest BCUT2D eigenvalue weighted by molar-refractivity contribution is 7.09. The first-order chi connectivity index (χ1) is 13.6. The zero-order chi connectivity index (χ0) is 20.4. The largest absolute Gasteiger partial charge is 0.493 e. The Kier molecular flexibility index (Phi) is 8.94. The first-order valence-corrected chi connectivity index (χ1v) is 10.3. The van der Waals surface area contributed by atoms with Crippen molar-refractivity contribution in [3.05, 3.63) is 40.1 Å². The average Bonchev–Trinajstić information content (AvgIpc) is 3.21. The summed E-state index contributed by atoms with van der Waals surface area (Å²) in [7, 11) is 4.83. The van der Waals surface area contributed by atoms with Crippen molar-refractivity contribution in [1.29, 1.82) is 0 Å². The van der Waals surface area contributed by atoms with E-state index in [2.05, 4.69) is 42.0 Å². The third kappa shape index (κ3) is 6.34. The van der Waals surface area contributed by atoms with Gasteiger partial charge in [-0.2, -0.15) is 0 Å². The fourth-order valence-corrected chi connectivity index (χ4v) is 3.72. The van der Waals surface area contributed by atoms with E-state index in [-0.39, 0.29) is 0 Å². The number of nitrogens with zero attached hydrogens (tertiary/aromatic N) is 1. The number of nitrogens with one attached hydrogen (secondary N) is 2. The molecule has 2 aromatic rings. The molecule has 7 heteroatoms. The molecule has 2 rings (SSSR count). The van der Waals surface area contributed by atoms with Crippen molar-refractivity contribution in [1.82, 2.24) is 10.6 Å². The molecule has 0 fully saturated rings. The third-order valence-electron chi connectivity index (χ3n) is 4.24. The molecule has 0 aliphatic heterocycles. The number of aliphatic imine (C=N–C) groups is 1. The van der Waals surface area contributed by atoms with Crippen LogP contribution in [-0.2, 0) is 13.0 Å². The second-order valence-corrected chi connectivity index (χ2v) is 7.53. The maximum Gasteiger partial charge on any atom is 0.203 e. The van der Waals surface area contributed by atoms with E-state index in [1.165, 1.54) is 4.88 Å². The number of benzene rings is 1. The molecule has 154 valence electrons. The normalized spacial score (nSPS) is 12.4. The summed E-state index contributed by atoms with van der Waals surface area (Å²) in [5.41, 5.74) is 0.985. The van der Waals surface area contributed by atoms with E-state index in [1.807, 2.05) is 12.1 Å². The summed E-state index contributed by atoms with van der Waals surface area (Å²) >= 11 is 1.81. The first kappa shape index (κ1) is 21.9. The smallest absolute Gasteiger partial charge is 0.203 e. The van der Waals surface area contributed by atoms with Crippen LogP contribution >= 0.6 is 11.3 Å². The maximum absolute atomic E-state index is 5.42. The molecule has 2 N–H and O–H groups in total. The molecular weight excluding hydrogens is 374 g/mol. The molecule has 0 radical (unpaired) electrons. The lowest BCUT2D eigenvalue weighted by atomic mass is 10.1. The lowest BCUT2D eigenvalue weighted by Gasteiger charge is -2.16. The highest BCUT2D eigenvalue weighted by Gasteiger charge is 2.13. The topological polar surface area (TPSA) is 64.1 Å². The standard InChI is InChI=1S/C21H31N3O3S/c1-6-22-21(23-13-15(2)10-17-8-7-9-28-17)24-14-16-11-18(25-3)20(27-5)19(12-16)26-4/h7-9,11-12,15H,6,10,13-14H2,1-5H3,(H2,22,23,24). The van der Waals surface area contributed by atoms with Crippen LogP contribution in [0.4, 0.5) is 0 Å². The van der Waals surface area contributed by atoms with Gasteiger partial charge in [-0.1, -0.05) is 13.0 Å². The average molecular weight is 406 g/mol. The fourth-order valence-electron chi connectivity index (χ4n) is 2.85. The Morgan fingerprint density at radius 3 is 2.36 bits per heavy atom. The molecule has 0 amide bonds. The monoisotopic (exact) mass is 405 g/mol. The van der Waals surface area contributed by atoms with E-state index < -0.39 is 0 Å². The van der Waals surface area contributed by atoms with E-state index in [1.54, 1.807) is 32.7 Å². The zero-order valence-electron chi connectivity index (χ0n) is 17.4. The van der Waals surface area contributed by atoms with E-state index in [4.69, 9.17) is 19.2 Å². The van der Waals surface area contributed by atoms with Crippen molar-refractivity contribution in [2.24, 2.45) is 10.9 Å². The number of ether oxygens (including phenoxy) is 3. The molecule has 1 aromatic carbocycles. The molecule has 0 bridgehead atoms. The van der Waals surface area contributed by atoms with Gasteiger partial charge in [0.2, 0.25) is 5.75 Å². The van der Waals surface area contributed by atoms with Crippen LogP contribution in [0.1, 0.15) is 24.3 Å². The molecule has 0 saturated carbocycles. The fraction of sp³-hybridized carbons (Fsp3) is 0.476. The minimum atomic E-state index is 0.505. The Balaban J connectivity index is 2.03. The summed E-state index contributed by atoms with van der Waals surface area (Å²) in [6, 6.07) is 8.13. The van der Waals surface area contributed by atoms with E-state index in [0.29, 0.717) is 29.7 Å². The predicted octanol–water partition coefficient (Wildman–Crippen LogP) is 3.71. The van der Waals surface area contributed by atoms with Gasteiger partial charge in [-0.15, -0.1) is 11.3 Å². The Bertz CT molecular complexity index is 722. The zero-order valence-corrected chi connectivity index (χ0v) is 18.2. The van der Waals surface area contributed by atoms with Gasteiger partial charge in [-0.05, 0) is 48.4 Å². The van der Waals surface area contributed by atoms with Crippen molar-refractivity contribution in [3.63, 3.8) is 0 Å². The summed E-state index contributed by atoms with van der Waals surface area (Å²) in [6.45, 7) is 6.48. The Morgan fingerprint density at radius 1 is 1.11 bits per heavy atom. The van der Waals surface area contributed by atoms with E-state index >= 15 is 0 Å². The van der Waals surface area contributed by atoms with Crippen molar-refractivity contribution in [2.75, 3.05) is 34.4 Å². The lowest BCUT2D eigenvalue weighted by Crippen LogP contribution is -2.39. The minimum Gasteiger partial charge on any atom is -0.493 e. The van der Waals surface area contributed by atoms with Crippen molar-refractivity contribution in [3.8, 4) is 17.2 Å². The number of hydrogen-bond acceptors (Lipinski definition) is 5. The molecule has 0 aliphatic carbocycles. The molecule has 1 aromatic heterocycles. The molecular formula is C21H31N3O3S. The van der Waals surface area contributed by atoms with Crippen LogP contribution in [0.2, 0.25) is 0 Å². The van der Waals surface area contributed by atoms with Gasteiger partial charge in [0, 0.05) is 18.0 Å². The molecule has 6 nitrogen and oxygen atoms in total. The number of methoxy groups -OCH3 is 3. The van der Waals surface area contributed by atoms with Gasteiger partial charge in [0.25, 0.3) is 0 Å². The van der Waals surface area contributed by atoms with Gasteiger partial charge < -0.3 is 24.8 Å². The minimum absolute atomic E-state index is 0.505. The maximum atomic E-state index is 5.42. The van der Waals surface area contributed by atoms with Crippen LogP contribution in [-0.4, -0.2) is 40.4 Å². The van der Waals surface area contributed by atoms with Crippen molar-refractivity contribution in [2.45, 2.75) is 26.8 Å². The molecule has 0 saturated heterocycles. The summed E-state index contributed by atoms with van der Waals surface area (Å²) in [6.07, 6.45) is 1.07. The number of hydrogen-bond donors (Lipinski definition) is 2. The summed E-state index contributed by atoms with van der Waals surface area (Å²) in [5, 5.41) is 8.86. The Morgan fingerprint density at radius 2 is 1.82 bits per heavy atom. The van der Waals surface area contributed by atoms with Gasteiger partial charge >= 0.3 is 0 Å². The molecule has 0 spiro atoms. The first-order valence-electron chi connectivity index (χ1n) is 9.44. The van der Waals surface area contributed by atoms with Crippen LogP contribution in [0.3, 0.4) is 0 Å². The Hall–Kier alpha value is -2.41. The van der Waals surface area contributed by atoms with Crippen LogP contribution in [0.5, 0.6) is 17.2 Å². The molecule has 1 heterocycles. The highest BCUT2D eigenvalue weighted by atomic mass is 32.1. The second kappa shape index (κ2) is 11.4. The van der Waals surface area contributed by atoms with Gasteiger partial charge in [0.15, 0.2) is 17.5 Å². The Labute approximate surface area is 171 Å². The molecule has 1 atom stereocenters. The SMILES string of the molecule is CCNC(=NCc1cc(OC)c(OC)c(OC)c1)NCC(C)Cc1cccs1. The van der Waals surface area contributed by atoms with Gasteiger partial charge in [0.05, 0.1) is 27.9 Å². The van der Waals surface area contributed by atoms with Gasteiger partial charge in [0.1, 0.15) is 0 Å². The van der Waals surface area contributed by atoms with E-state index in [9.17, 15) is 0 Å². The van der Waals surface area contributed by atoms with Crippen LogP contribution < -0.4 is 24.8 Å². The van der Waals surface area contributed by atoms with Crippen LogP contribution in [0, 0.1) is 5.92 Å². The number of rotatable bonds is 10. The van der Waals surface area contributed by atoms with Gasteiger partial charge in [-0.3, -0.25) is 0 Å². The van der Waals surface area contributed by atoms with Crippen molar-refractivity contribution >= 4 is 17.3 Å². The predicted molar refractivity (Wildman–Crippen MR) is 116 cm³/mol. The summed E-state index contributed by atoms with van der Waals surface area (Å²) < 4.78 is 16.2. The summed E-state index contributed by atoms with van der Waals surface area (Å²) in [5.74, 6) is 3.17. The summed E-state index contributed by atoms with van der Waals surface area (Å²) in [4.78, 5) is 6.11. The second-order valence-electron chi connectivity index (χ2n) is 6.50. The molecule has 28 heavy (non-hydrogen) atoms. The quantitative estimate of drug-likeness (QED) is 0.466. The molecule has 0 aliphatic rings. The molecule has 1 unspecified atom stereocenters.